The van der Waals surface area contributed by atoms with Gasteiger partial charge in [0, 0.05) is 32.2 Å². The highest BCUT2D eigenvalue weighted by atomic mass is 16.5. The largest absolute Gasteiger partial charge is 0.491 e. The van der Waals surface area contributed by atoms with E-state index in [4.69, 9.17) is 14.2 Å². The van der Waals surface area contributed by atoms with Crippen LogP contribution in [-0.4, -0.2) is 58.6 Å². The molecule has 0 bridgehead atoms. The molecule has 146 valence electrons. The molecule has 2 N–H and O–H groups in total. The standard InChI is InChI=1S/C21H29N3O3/c1-22-21(23-11-5-13-26-18-10-14-25-16-18)24-12-15-27-20-9-4-7-17-6-2-3-8-19(17)20/h2-4,6-9,18H,5,10-16H2,1H3,(H2,22,23,24). The fraction of sp³-hybridized carbons (Fsp3) is 0.476. The van der Waals surface area contributed by atoms with E-state index in [1.807, 2.05) is 24.3 Å². The Morgan fingerprint density at radius 3 is 2.81 bits per heavy atom. The average Bonchev–Trinajstić information content (AvgIpc) is 3.23. The molecule has 0 aromatic heterocycles. The first kappa shape index (κ1) is 19.5. The van der Waals surface area contributed by atoms with Crippen molar-refractivity contribution < 1.29 is 14.2 Å². The lowest BCUT2D eigenvalue weighted by Crippen LogP contribution is -2.40. The summed E-state index contributed by atoms with van der Waals surface area (Å²) in [6.07, 6.45) is 2.21. The summed E-state index contributed by atoms with van der Waals surface area (Å²) in [5.41, 5.74) is 0. The molecule has 6 nitrogen and oxygen atoms in total. The third-order valence-electron chi connectivity index (χ3n) is 4.48. The molecule has 0 radical (unpaired) electrons. The minimum atomic E-state index is 0.272. The van der Waals surface area contributed by atoms with Gasteiger partial charge < -0.3 is 24.8 Å². The van der Waals surface area contributed by atoms with Crippen LogP contribution in [0.2, 0.25) is 0 Å². The van der Waals surface area contributed by atoms with Crippen LogP contribution in [0, 0.1) is 0 Å². The summed E-state index contributed by atoms with van der Waals surface area (Å²) < 4.78 is 17.0. The van der Waals surface area contributed by atoms with Crippen molar-refractivity contribution in [2.24, 2.45) is 4.99 Å². The van der Waals surface area contributed by atoms with Gasteiger partial charge in [-0.2, -0.15) is 0 Å². The maximum atomic E-state index is 5.94. The first-order valence-corrected chi connectivity index (χ1v) is 9.61. The number of hydrogen-bond donors (Lipinski definition) is 2. The van der Waals surface area contributed by atoms with E-state index in [2.05, 4.69) is 33.8 Å². The highest BCUT2D eigenvalue weighted by molar-refractivity contribution is 5.88. The topological polar surface area (TPSA) is 64.1 Å². The fourth-order valence-electron chi connectivity index (χ4n) is 3.05. The van der Waals surface area contributed by atoms with Crippen LogP contribution in [0.3, 0.4) is 0 Å². The van der Waals surface area contributed by atoms with Gasteiger partial charge in [-0.15, -0.1) is 0 Å². The van der Waals surface area contributed by atoms with Gasteiger partial charge in [-0.1, -0.05) is 36.4 Å². The number of ether oxygens (including phenoxy) is 3. The minimum Gasteiger partial charge on any atom is -0.491 e. The molecule has 0 saturated carbocycles. The number of hydrogen-bond acceptors (Lipinski definition) is 4. The Balaban J connectivity index is 1.31. The van der Waals surface area contributed by atoms with Crippen molar-refractivity contribution in [2.45, 2.75) is 18.9 Å². The van der Waals surface area contributed by atoms with E-state index in [-0.39, 0.29) is 6.10 Å². The van der Waals surface area contributed by atoms with Gasteiger partial charge in [-0.25, -0.2) is 0 Å². The van der Waals surface area contributed by atoms with Gasteiger partial charge in [0.05, 0.1) is 19.3 Å². The van der Waals surface area contributed by atoms with Gasteiger partial charge in [0.25, 0.3) is 0 Å². The Kier molecular flexibility index (Phi) is 7.74. The van der Waals surface area contributed by atoms with Gasteiger partial charge in [-0.05, 0) is 24.3 Å². The number of fused-ring (bicyclic) bond motifs is 1. The lowest BCUT2D eigenvalue weighted by atomic mass is 10.1. The third kappa shape index (κ3) is 6.12. The van der Waals surface area contributed by atoms with Crippen LogP contribution in [0.25, 0.3) is 10.8 Å². The molecule has 0 aliphatic carbocycles. The molecule has 2 aromatic rings. The summed E-state index contributed by atoms with van der Waals surface area (Å²) in [5, 5.41) is 8.89. The second-order valence-corrected chi connectivity index (χ2v) is 6.46. The second-order valence-electron chi connectivity index (χ2n) is 6.46. The molecule has 1 saturated heterocycles. The lowest BCUT2D eigenvalue weighted by molar-refractivity contribution is 0.0420. The number of nitrogens with one attached hydrogen (secondary N) is 2. The van der Waals surface area contributed by atoms with Crippen LogP contribution in [0.5, 0.6) is 5.75 Å². The molecule has 2 aromatic carbocycles. The Labute approximate surface area is 160 Å². The van der Waals surface area contributed by atoms with Crippen LogP contribution >= 0.6 is 0 Å². The fourth-order valence-corrected chi connectivity index (χ4v) is 3.05. The van der Waals surface area contributed by atoms with Crippen molar-refractivity contribution in [3.63, 3.8) is 0 Å². The van der Waals surface area contributed by atoms with Crippen LogP contribution in [0.1, 0.15) is 12.8 Å². The van der Waals surface area contributed by atoms with Crippen LogP contribution < -0.4 is 15.4 Å². The average molecular weight is 371 g/mol. The molecular formula is C21H29N3O3. The van der Waals surface area contributed by atoms with Crippen LogP contribution in [0.4, 0.5) is 0 Å². The van der Waals surface area contributed by atoms with Gasteiger partial charge in [0.15, 0.2) is 5.96 Å². The predicted octanol–water partition coefficient (Wildman–Crippen LogP) is 2.58. The van der Waals surface area contributed by atoms with Crippen molar-refractivity contribution in [3.05, 3.63) is 42.5 Å². The Morgan fingerprint density at radius 1 is 1.11 bits per heavy atom. The quantitative estimate of drug-likeness (QED) is 0.403. The summed E-state index contributed by atoms with van der Waals surface area (Å²) >= 11 is 0. The van der Waals surface area contributed by atoms with E-state index in [0.29, 0.717) is 13.2 Å². The normalized spacial score (nSPS) is 17.2. The molecule has 3 rings (SSSR count). The van der Waals surface area contributed by atoms with Gasteiger partial charge in [0.1, 0.15) is 12.4 Å². The van der Waals surface area contributed by atoms with E-state index in [9.17, 15) is 0 Å². The molecule has 1 atom stereocenters. The molecule has 1 aliphatic heterocycles. The lowest BCUT2D eigenvalue weighted by Gasteiger charge is -2.14. The SMILES string of the molecule is CN=C(NCCCOC1CCOC1)NCCOc1cccc2ccccc12. The Bertz CT molecular complexity index is 724. The molecule has 1 fully saturated rings. The molecule has 1 unspecified atom stereocenters. The van der Waals surface area contributed by atoms with Gasteiger partial charge >= 0.3 is 0 Å². The van der Waals surface area contributed by atoms with Crippen molar-refractivity contribution >= 4 is 16.7 Å². The third-order valence-corrected chi connectivity index (χ3v) is 4.48. The number of benzene rings is 2. The number of rotatable bonds is 9. The second kappa shape index (κ2) is 10.7. The summed E-state index contributed by atoms with van der Waals surface area (Å²) in [6.45, 7) is 4.35. The molecule has 1 heterocycles. The van der Waals surface area contributed by atoms with E-state index < -0.39 is 0 Å². The zero-order valence-electron chi connectivity index (χ0n) is 15.9. The zero-order chi connectivity index (χ0) is 18.7. The first-order valence-electron chi connectivity index (χ1n) is 9.61. The van der Waals surface area contributed by atoms with Crippen molar-refractivity contribution in [1.29, 1.82) is 0 Å². The smallest absolute Gasteiger partial charge is 0.191 e. The first-order chi connectivity index (χ1) is 13.4. The molecule has 1 aliphatic rings. The van der Waals surface area contributed by atoms with Crippen molar-refractivity contribution in [2.75, 3.05) is 46.6 Å². The highest BCUT2D eigenvalue weighted by Gasteiger charge is 2.15. The summed E-state index contributed by atoms with van der Waals surface area (Å²) in [6, 6.07) is 14.4. The molecule has 27 heavy (non-hydrogen) atoms. The predicted molar refractivity (Wildman–Crippen MR) is 109 cm³/mol. The van der Waals surface area contributed by atoms with E-state index in [1.54, 1.807) is 7.05 Å². The highest BCUT2D eigenvalue weighted by Crippen LogP contribution is 2.24. The molecule has 6 heteroatoms. The van der Waals surface area contributed by atoms with Crippen LogP contribution in [0.15, 0.2) is 47.5 Å². The van der Waals surface area contributed by atoms with Gasteiger partial charge in [0.2, 0.25) is 0 Å². The monoisotopic (exact) mass is 371 g/mol. The number of aliphatic imine (C=N–C) groups is 1. The summed E-state index contributed by atoms with van der Waals surface area (Å²) in [4.78, 5) is 4.24. The van der Waals surface area contributed by atoms with Crippen molar-refractivity contribution in [3.8, 4) is 5.75 Å². The van der Waals surface area contributed by atoms with E-state index in [0.717, 1.165) is 56.3 Å². The maximum absolute atomic E-state index is 5.94. The summed E-state index contributed by atoms with van der Waals surface area (Å²) in [7, 11) is 1.77. The molecular weight excluding hydrogens is 342 g/mol. The number of guanidine groups is 1. The Hall–Kier alpha value is -2.31. The molecule has 0 amide bonds. The molecule has 0 spiro atoms. The van der Waals surface area contributed by atoms with Crippen molar-refractivity contribution in [1.82, 2.24) is 10.6 Å². The van der Waals surface area contributed by atoms with E-state index >= 15 is 0 Å². The zero-order valence-corrected chi connectivity index (χ0v) is 15.9. The number of nitrogens with zero attached hydrogens (tertiary/aromatic N) is 1. The van der Waals surface area contributed by atoms with Crippen LogP contribution in [-0.2, 0) is 9.47 Å². The summed E-state index contributed by atoms with van der Waals surface area (Å²) in [5.74, 6) is 1.69. The maximum Gasteiger partial charge on any atom is 0.191 e. The van der Waals surface area contributed by atoms with Gasteiger partial charge in [-0.3, -0.25) is 4.99 Å². The van der Waals surface area contributed by atoms with E-state index in [1.165, 1.54) is 5.39 Å². The Morgan fingerprint density at radius 2 is 1.96 bits per heavy atom. The minimum absolute atomic E-state index is 0.272.